The normalized spacial score (nSPS) is 11.1. The molecule has 5 heteroatoms. The highest BCUT2D eigenvalue weighted by molar-refractivity contribution is 5.90. The van der Waals surface area contributed by atoms with Crippen LogP contribution in [-0.4, -0.2) is 18.3 Å². The Labute approximate surface area is 175 Å². The maximum atomic E-state index is 13.3. The molecule has 0 unspecified atom stereocenters. The zero-order valence-electron chi connectivity index (χ0n) is 18.5. The molecule has 162 valence electrons. The largest absolute Gasteiger partial charge is 0.492 e. The molecule has 0 fully saturated rings. The van der Waals surface area contributed by atoms with E-state index in [1.54, 1.807) is 11.7 Å². The number of pyridine rings is 1. The van der Waals surface area contributed by atoms with Crippen molar-refractivity contribution in [1.82, 2.24) is 4.57 Å². The lowest BCUT2D eigenvalue weighted by Gasteiger charge is -2.18. The van der Waals surface area contributed by atoms with Gasteiger partial charge in [-0.25, -0.2) is 0 Å². The fourth-order valence-electron chi connectivity index (χ4n) is 3.72. The predicted octanol–water partition coefficient (Wildman–Crippen LogP) is 5.91. The topological polar surface area (TPSA) is 66.5 Å². The Morgan fingerprint density at radius 2 is 1.55 bits per heavy atom. The number of fused-ring (bicyclic) bond motifs is 1. The number of aryl methyl sites for hydroxylation is 1. The number of ether oxygens (including phenoxy) is 2. The third-order valence-electron chi connectivity index (χ3n) is 5.39. The Bertz CT molecular complexity index is 814. The summed E-state index contributed by atoms with van der Waals surface area (Å²) in [5, 5.41) is 0.870. The monoisotopic (exact) mass is 402 g/mol. The summed E-state index contributed by atoms with van der Waals surface area (Å²) >= 11 is 0. The average Bonchev–Trinajstić information content (AvgIpc) is 2.72. The van der Waals surface area contributed by atoms with E-state index in [1.807, 2.05) is 18.2 Å². The van der Waals surface area contributed by atoms with Gasteiger partial charge in [-0.05, 0) is 31.0 Å². The smallest absolute Gasteiger partial charge is 0.297 e. The summed E-state index contributed by atoms with van der Waals surface area (Å²) in [5.41, 5.74) is 7.34. The molecule has 1 aromatic carbocycles. The Balaban J connectivity index is 2.24. The van der Waals surface area contributed by atoms with Gasteiger partial charge in [-0.1, -0.05) is 65.2 Å². The average molecular weight is 403 g/mol. The highest BCUT2D eigenvalue weighted by atomic mass is 16.5. The molecule has 0 aliphatic rings. The SMILES string of the molecule is CCCCCCCCOc1c(OC)c2ccc(N)cc2n(CCCCCC)c1=O. The van der Waals surface area contributed by atoms with E-state index in [-0.39, 0.29) is 5.56 Å². The zero-order valence-corrected chi connectivity index (χ0v) is 18.5. The van der Waals surface area contributed by atoms with Gasteiger partial charge in [0.25, 0.3) is 5.56 Å². The molecule has 1 heterocycles. The summed E-state index contributed by atoms with van der Waals surface area (Å²) in [6.45, 7) is 5.60. The number of anilines is 1. The second-order valence-corrected chi connectivity index (χ2v) is 7.77. The molecule has 0 saturated heterocycles. The van der Waals surface area contributed by atoms with Crippen molar-refractivity contribution < 1.29 is 9.47 Å². The molecule has 0 bridgehead atoms. The minimum Gasteiger partial charge on any atom is -0.492 e. The van der Waals surface area contributed by atoms with E-state index in [0.717, 1.165) is 43.0 Å². The quantitative estimate of drug-likeness (QED) is 0.315. The van der Waals surface area contributed by atoms with E-state index < -0.39 is 0 Å². The molecule has 0 saturated carbocycles. The van der Waals surface area contributed by atoms with Crippen LogP contribution < -0.4 is 20.8 Å². The highest BCUT2D eigenvalue weighted by Crippen LogP contribution is 2.33. The van der Waals surface area contributed by atoms with Crippen LogP contribution in [0.2, 0.25) is 0 Å². The van der Waals surface area contributed by atoms with Crippen molar-refractivity contribution in [2.75, 3.05) is 19.5 Å². The van der Waals surface area contributed by atoms with Crippen LogP contribution in [0, 0.1) is 0 Å². The van der Waals surface area contributed by atoms with Crippen LogP contribution in [0.4, 0.5) is 5.69 Å². The number of unbranched alkanes of at least 4 members (excludes halogenated alkanes) is 8. The lowest BCUT2D eigenvalue weighted by Crippen LogP contribution is -2.24. The number of methoxy groups -OCH3 is 1. The van der Waals surface area contributed by atoms with Gasteiger partial charge in [0.15, 0.2) is 5.75 Å². The summed E-state index contributed by atoms with van der Waals surface area (Å²) in [4.78, 5) is 13.3. The second kappa shape index (κ2) is 12.4. The number of nitrogens with zero attached hydrogens (tertiary/aromatic N) is 1. The maximum Gasteiger partial charge on any atom is 0.297 e. The first-order chi connectivity index (χ1) is 14.1. The maximum absolute atomic E-state index is 13.3. The summed E-state index contributed by atoms with van der Waals surface area (Å²) in [5.74, 6) is 0.842. The van der Waals surface area contributed by atoms with Gasteiger partial charge in [-0.2, -0.15) is 0 Å². The lowest BCUT2D eigenvalue weighted by molar-refractivity contribution is 0.279. The number of rotatable bonds is 14. The fraction of sp³-hybridized carbons (Fsp3) is 0.625. The van der Waals surface area contributed by atoms with Crippen molar-refractivity contribution in [3.8, 4) is 11.5 Å². The molecule has 5 nitrogen and oxygen atoms in total. The minimum absolute atomic E-state index is 0.123. The first kappa shape index (κ1) is 23.1. The molecular weight excluding hydrogens is 364 g/mol. The number of aromatic nitrogens is 1. The van der Waals surface area contributed by atoms with Gasteiger partial charge in [0.05, 0.1) is 19.2 Å². The van der Waals surface area contributed by atoms with Crippen LogP contribution in [0.15, 0.2) is 23.0 Å². The van der Waals surface area contributed by atoms with E-state index in [1.165, 1.54) is 32.1 Å². The van der Waals surface area contributed by atoms with E-state index in [4.69, 9.17) is 15.2 Å². The number of hydrogen-bond donors (Lipinski definition) is 1. The zero-order chi connectivity index (χ0) is 21.1. The predicted molar refractivity (Wildman–Crippen MR) is 122 cm³/mol. The number of nitrogen functional groups attached to an aromatic ring is 1. The van der Waals surface area contributed by atoms with Crippen molar-refractivity contribution in [2.24, 2.45) is 0 Å². The minimum atomic E-state index is -0.123. The molecule has 2 N–H and O–H groups in total. The molecule has 0 atom stereocenters. The second-order valence-electron chi connectivity index (χ2n) is 7.77. The van der Waals surface area contributed by atoms with E-state index in [0.29, 0.717) is 30.3 Å². The van der Waals surface area contributed by atoms with Crippen molar-refractivity contribution in [2.45, 2.75) is 84.6 Å². The van der Waals surface area contributed by atoms with Crippen molar-refractivity contribution in [1.29, 1.82) is 0 Å². The Morgan fingerprint density at radius 3 is 2.24 bits per heavy atom. The van der Waals surface area contributed by atoms with Gasteiger partial charge >= 0.3 is 0 Å². The van der Waals surface area contributed by atoms with Crippen LogP contribution >= 0.6 is 0 Å². The molecule has 0 aliphatic heterocycles. The summed E-state index contributed by atoms with van der Waals surface area (Å²) < 4.78 is 13.4. The molecule has 0 spiro atoms. The van der Waals surface area contributed by atoms with Crippen molar-refractivity contribution in [3.63, 3.8) is 0 Å². The number of benzene rings is 1. The standard InChI is InChI=1S/C24H38N2O3/c1-4-6-8-10-11-13-17-29-23-22(28-3)20-15-14-19(25)18-21(20)26(24(23)27)16-12-9-7-5-2/h14-15,18H,4-13,16-17,25H2,1-3H3. The summed E-state index contributed by atoms with van der Waals surface area (Å²) in [6, 6.07) is 5.62. The van der Waals surface area contributed by atoms with Gasteiger partial charge in [-0.3, -0.25) is 4.79 Å². The number of nitrogens with two attached hydrogens (primary N) is 1. The van der Waals surface area contributed by atoms with Crippen LogP contribution in [0.5, 0.6) is 11.5 Å². The molecule has 0 aliphatic carbocycles. The fourth-order valence-corrected chi connectivity index (χ4v) is 3.72. The molecule has 1 aromatic heterocycles. The van der Waals surface area contributed by atoms with E-state index in [9.17, 15) is 4.79 Å². The highest BCUT2D eigenvalue weighted by Gasteiger charge is 2.19. The first-order valence-corrected chi connectivity index (χ1v) is 11.3. The third-order valence-corrected chi connectivity index (χ3v) is 5.39. The van der Waals surface area contributed by atoms with Gasteiger partial charge in [0, 0.05) is 17.6 Å². The van der Waals surface area contributed by atoms with Crippen molar-refractivity contribution in [3.05, 3.63) is 28.6 Å². The Morgan fingerprint density at radius 1 is 0.897 bits per heavy atom. The summed E-state index contributed by atoms with van der Waals surface area (Å²) in [6.07, 6.45) is 11.5. The van der Waals surface area contributed by atoms with Crippen LogP contribution in [-0.2, 0) is 6.54 Å². The van der Waals surface area contributed by atoms with Gasteiger partial charge < -0.3 is 19.8 Å². The summed E-state index contributed by atoms with van der Waals surface area (Å²) in [7, 11) is 1.59. The molecular formula is C24H38N2O3. The molecule has 0 radical (unpaired) electrons. The van der Waals surface area contributed by atoms with Gasteiger partial charge in [0.1, 0.15) is 0 Å². The Hall–Kier alpha value is -2.17. The first-order valence-electron chi connectivity index (χ1n) is 11.3. The Kier molecular flexibility index (Phi) is 9.89. The van der Waals surface area contributed by atoms with E-state index >= 15 is 0 Å². The van der Waals surface area contributed by atoms with Crippen molar-refractivity contribution >= 4 is 16.6 Å². The van der Waals surface area contributed by atoms with Gasteiger partial charge in [0.2, 0.25) is 5.75 Å². The third kappa shape index (κ3) is 6.41. The van der Waals surface area contributed by atoms with E-state index in [2.05, 4.69) is 13.8 Å². The van der Waals surface area contributed by atoms with Crippen LogP contribution in [0.3, 0.4) is 0 Å². The number of hydrogen-bond acceptors (Lipinski definition) is 4. The molecule has 2 aromatic rings. The molecule has 0 amide bonds. The van der Waals surface area contributed by atoms with Crippen LogP contribution in [0.1, 0.15) is 78.1 Å². The lowest BCUT2D eigenvalue weighted by atomic mass is 10.1. The molecule has 29 heavy (non-hydrogen) atoms. The van der Waals surface area contributed by atoms with Gasteiger partial charge in [-0.15, -0.1) is 0 Å². The van der Waals surface area contributed by atoms with Crippen LogP contribution in [0.25, 0.3) is 10.9 Å². The molecule has 2 rings (SSSR count).